The lowest BCUT2D eigenvalue weighted by Gasteiger charge is -2.32. The number of hydrogen-bond donors (Lipinski definition) is 0. The number of ether oxygens (including phenoxy) is 2. The molecule has 1 aliphatic heterocycles. The maximum atomic E-state index is 13.6. The molecule has 0 saturated carbocycles. The summed E-state index contributed by atoms with van der Waals surface area (Å²) in [7, 11) is 0. The molecule has 1 unspecified atom stereocenters. The highest BCUT2D eigenvalue weighted by Gasteiger charge is 2.32. The lowest BCUT2D eigenvalue weighted by atomic mass is 9.84. The zero-order valence-electron chi connectivity index (χ0n) is 13.9. The fourth-order valence-electron chi connectivity index (χ4n) is 2.92. The van der Waals surface area contributed by atoms with Crippen molar-refractivity contribution in [2.75, 3.05) is 6.61 Å². The summed E-state index contributed by atoms with van der Waals surface area (Å²) < 4.78 is 76.6. The molecule has 0 spiro atoms. The molecule has 3 nitrogen and oxygen atoms in total. The first kappa shape index (κ1) is 19.6. The van der Waals surface area contributed by atoms with Crippen LogP contribution in [0.25, 0.3) is 0 Å². The Hall–Kier alpha value is -1.70. The van der Waals surface area contributed by atoms with Gasteiger partial charge in [0.15, 0.2) is 0 Å². The predicted molar refractivity (Wildman–Crippen MR) is 78.4 cm³/mol. The van der Waals surface area contributed by atoms with Gasteiger partial charge in [0.2, 0.25) is 34.8 Å². The van der Waals surface area contributed by atoms with Gasteiger partial charge in [-0.05, 0) is 31.1 Å². The molecule has 0 aromatic heterocycles. The quantitative estimate of drug-likeness (QED) is 0.253. The van der Waals surface area contributed by atoms with Crippen LogP contribution in [0.3, 0.4) is 0 Å². The van der Waals surface area contributed by atoms with Crippen LogP contribution in [0.4, 0.5) is 22.0 Å². The van der Waals surface area contributed by atoms with Crippen LogP contribution in [0.1, 0.15) is 39.5 Å². The van der Waals surface area contributed by atoms with E-state index < -0.39 is 40.8 Å². The Kier molecular flexibility index (Phi) is 6.37. The van der Waals surface area contributed by atoms with Crippen LogP contribution in [0.2, 0.25) is 0 Å². The topological polar surface area (TPSA) is 35.5 Å². The van der Waals surface area contributed by atoms with E-state index in [0.717, 1.165) is 19.3 Å². The molecule has 0 N–H and O–H groups in total. The Labute approximate surface area is 142 Å². The maximum Gasteiger partial charge on any atom is 0.311 e. The number of carbonyl (C=O) groups excluding carboxylic acids is 1. The van der Waals surface area contributed by atoms with Gasteiger partial charge in [0.05, 0.1) is 12.5 Å². The van der Waals surface area contributed by atoms with E-state index >= 15 is 0 Å². The molecule has 1 saturated heterocycles. The summed E-state index contributed by atoms with van der Waals surface area (Å²) >= 11 is 0. The Morgan fingerprint density at radius 2 is 1.60 bits per heavy atom. The van der Waals surface area contributed by atoms with Crippen molar-refractivity contribution in [3.63, 3.8) is 0 Å². The summed E-state index contributed by atoms with van der Waals surface area (Å²) in [6, 6.07) is 0. The van der Waals surface area contributed by atoms with Gasteiger partial charge in [-0.2, -0.15) is 8.78 Å². The minimum absolute atomic E-state index is 0.00651. The van der Waals surface area contributed by atoms with Crippen molar-refractivity contribution < 1.29 is 36.2 Å². The number of rotatable bonds is 5. The summed E-state index contributed by atoms with van der Waals surface area (Å²) in [6.07, 6.45) is 2.12. The number of benzene rings is 1. The highest BCUT2D eigenvalue weighted by Crippen LogP contribution is 2.32. The van der Waals surface area contributed by atoms with Crippen molar-refractivity contribution in [1.29, 1.82) is 0 Å². The number of halogens is 5. The van der Waals surface area contributed by atoms with Crippen molar-refractivity contribution in [2.45, 2.75) is 45.6 Å². The van der Waals surface area contributed by atoms with E-state index in [-0.39, 0.29) is 24.4 Å². The highest BCUT2D eigenvalue weighted by molar-refractivity contribution is 5.73. The van der Waals surface area contributed by atoms with Gasteiger partial charge in [0.25, 0.3) is 0 Å². The zero-order valence-corrected chi connectivity index (χ0v) is 13.9. The molecule has 1 heterocycles. The molecule has 2 rings (SSSR count). The summed E-state index contributed by atoms with van der Waals surface area (Å²) in [6.45, 7) is 4.27. The Balaban J connectivity index is 2.16. The van der Waals surface area contributed by atoms with E-state index in [4.69, 9.17) is 4.74 Å². The molecule has 0 bridgehead atoms. The monoisotopic (exact) mass is 366 g/mol. The minimum atomic E-state index is -2.30. The summed E-state index contributed by atoms with van der Waals surface area (Å²) in [5.74, 6) is -13.9. The van der Waals surface area contributed by atoms with Crippen molar-refractivity contribution in [1.82, 2.24) is 0 Å². The maximum absolute atomic E-state index is 13.6. The van der Waals surface area contributed by atoms with Gasteiger partial charge in [0, 0.05) is 6.61 Å². The third-order valence-electron chi connectivity index (χ3n) is 4.34. The fourth-order valence-corrected chi connectivity index (χ4v) is 2.92. The molecule has 1 aromatic carbocycles. The van der Waals surface area contributed by atoms with E-state index in [0.29, 0.717) is 6.61 Å². The second-order valence-corrected chi connectivity index (χ2v) is 6.39. The van der Waals surface area contributed by atoms with Gasteiger partial charge in [-0.15, -0.1) is 0 Å². The third-order valence-corrected chi connectivity index (χ3v) is 4.34. The van der Waals surface area contributed by atoms with Crippen molar-refractivity contribution >= 4 is 5.97 Å². The van der Waals surface area contributed by atoms with E-state index in [9.17, 15) is 26.7 Å². The smallest absolute Gasteiger partial charge is 0.311 e. The van der Waals surface area contributed by atoms with E-state index in [1.54, 1.807) is 0 Å². The number of esters is 1. The van der Waals surface area contributed by atoms with Gasteiger partial charge in [-0.1, -0.05) is 13.8 Å². The number of hydrogen-bond acceptors (Lipinski definition) is 3. The molecule has 8 heteroatoms. The van der Waals surface area contributed by atoms with Gasteiger partial charge >= 0.3 is 5.97 Å². The molecule has 0 radical (unpaired) electrons. The molecule has 140 valence electrons. The van der Waals surface area contributed by atoms with Crippen LogP contribution in [-0.2, 0) is 9.53 Å². The lowest BCUT2D eigenvalue weighted by molar-refractivity contribution is -0.139. The van der Waals surface area contributed by atoms with Crippen LogP contribution >= 0.6 is 0 Å². The summed E-state index contributed by atoms with van der Waals surface area (Å²) in [5, 5.41) is 0. The third kappa shape index (κ3) is 4.29. The van der Waals surface area contributed by atoms with E-state index in [2.05, 4.69) is 4.74 Å². The second-order valence-electron chi connectivity index (χ2n) is 6.39. The van der Waals surface area contributed by atoms with Gasteiger partial charge in [0.1, 0.15) is 0 Å². The normalized spacial score (nSPS) is 19.1. The zero-order chi connectivity index (χ0) is 18.7. The molecule has 1 fully saturated rings. The lowest BCUT2D eigenvalue weighted by Crippen LogP contribution is -2.34. The average Bonchev–Trinajstić information content (AvgIpc) is 2.60. The van der Waals surface area contributed by atoms with E-state index in [1.165, 1.54) is 0 Å². The fraction of sp³-hybridized carbons (Fsp3) is 0.588. The molecule has 0 aliphatic carbocycles. The van der Waals surface area contributed by atoms with Crippen LogP contribution < -0.4 is 4.74 Å². The molecular formula is C17H19F5O3. The predicted octanol–water partition coefficient (Wildman–Crippen LogP) is 4.52. The van der Waals surface area contributed by atoms with Crippen molar-refractivity contribution in [2.24, 2.45) is 11.8 Å². The Morgan fingerprint density at radius 1 is 1.04 bits per heavy atom. The second kappa shape index (κ2) is 8.12. The van der Waals surface area contributed by atoms with Crippen LogP contribution in [0.5, 0.6) is 5.75 Å². The van der Waals surface area contributed by atoms with Crippen LogP contribution in [-0.4, -0.2) is 18.7 Å². The first-order chi connectivity index (χ1) is 11.7. The standard InChI is InChI=1S/C17H19F5O3/c1-8(2)9(10-5-3-4-6-24-10)7-11(23)25-17-15(21)13(19)12(18)14(20)16(17)22/h8-10H,3-7H2,1-2H3/t9-,10?/m0/s1. The molecule has 25 heavy (non-hydrogen) atoms. The van der Waals surface area contributed by atoms with Crippen molar-refractivity contribution in [3.05, 3.63) is 29.1 Å². The van der Waals surface area contributed by atoms with Gasteiger partial charge in [-0.3, -0.25) is 4.79 Å². The van der Waals surface area contributed by atoms with Gasteiger partial charge < -0.3 is 9.47 Å². The largest absolute Gasteiger partial charge is 0.420 e. The first-order valence-corrected chi connectivity index (χ1v) is 8.07. The molecule has 0 amide bonds. The number of carbonyl (C=O) groups is 1. The van der Waals surface area contributed by atoms with Gasteiger partial charge in [-0.25, -0.2) is 13.2 Å². The Morgan fingerprint density at radius 3 is 2.08 bits per heavy atom. The molecule has 2 atom stereocenters. The summed E-state index contributed by atoms with van der Waals surface area (Å²) in [4.78, 5) is 12.0. The van der Waals surface area contributed by atoms with Crippen LogP contribution in [0, 0.1) is 40.9 Å². The van der Waals surface area contributed by atoms with E-state index in [1.807, 2.05) is 13.8 Å². The van der Waals surface area contributed by atoms with Crippen molar-refractivity contribution in [3.8, 4) is 5.75 Å². The molecule has 1 aliphatic rings. The first-order valence-electron chi connectivity index (χ1n) is 8.07. The minimum Gasteiger partial charge on any atom is -0.420 e. The average molecular weight is 366 g/mol. The SMILES string of the molecule is CC(C)[C@H](CC(=O)Oc1c(F)c(F)c(F)c(F)c1F)C1CCCCO1. The highest BCUT2D eigenvalue weighted by atomic mass is 19.2. The molecule has 1 aromatic rings. The Bertz CT molecular complexity index is 613. The van der Waals surface area contributed by atoms with Crippen LogP contribution in [0.15, 0.2) is 0 Å². The molecular weight excluding hydrogens is 347 g/mol. The summed E-state index contributed by atoms with van der Waals surface area (Å²) in [5.41, 5.74) is 0.